The fraction of sp³-hybridized carbons (Fsp3) is 0.846. The maximum Gasteiger partial charge on any atom is 0.253 e. The van der Waals surface area contributed by atoms with Crippen molar-refractivity contribution in [3.05, 3.63) is 0 Å². The van der Waals surface area contributed by atoms with Crippen LogP contribution in [0.4, 0.5) is 0 Å². The summed E-state index contributed by atoms with van der Waals surface area (Å²) in [7, 11) is 1.34. The Morgan fingerprint density at radius 2 is 1.53 bits per heavy atom. The molecule has 0 aromatic carbocycles. The molecule has 0 radical (unpaired) electrons. The molecule has 0 aromatic rings. The molecule has 17 heavy (non-hydrogen) atoms. The van der Waals surface area contributed by atoms with Crippen molar-refractivity contribution in [1.82, 2.24) is 5.06 Å². The minimum absolute atomic E-state index is 0.242. The topological polar surface area (TPSA) is 46.6 Å². The monoisotopic (exact) mass is 243 g/mol. The minimum Gasteiger partial charge on any atom is -0.272 e. The van der Waals surface area contributed by atoms with Crippen LogP contribution in [0, 0.1) is 0 Å². The standard InChI is InChI=1S/C13H25NO3/c1-4-5-6-7-8-9-10-11-13(16)14(17-3)12(2)15/h4-11H2,1-3H3. The molecular formula is C13H25NO3. The molecule has 0 aliphatic heterocycles. The number of hydrogen-bond acceptors (Lipinski definition) is 3. The molecule has 4 heteroatoms. The highest BCUT2D eigenvalue weighted by atomic mass is 16.7. The molecule has 100 valence electrons. The Hall–Kier alpha value is -0.900. The Labute approximate surface area is 104 Å². The van der Waals surface area contributed by atoms with Crippen molar-refractivity contribution in [2.24, 2.45) is 0 Å². The summed E-state index contributed by atoms with van der Waals surface area (Å²) in [6.45, 7) is 3.52. The van der Waals surface area contributed by atoms with Gasteiger partial charge in [0.05, 0.1) is 7.11 Å². The number of hydroxylamine groups is 2. The molecule has 0 aliphatic rings. The first-order valence-electron chi connectivity index (χ1n) is 6.51. The fourth-order valence-electron chi connectivity index (χ4n) is 1.74. The molecular weight excluding hydrogens is 218 g/mol. The lowest BCUT2D eigenvalue weighted by molar-refractivity contribution is -0.185. The molecule has 0 N–H and O–H groups in total. The third kappa shape index (κ3) is 7.91. The van der Waals surface area contributed by atoms with E-state index in [2.05, 4.69) is 6.92 Å². The Morgan fingerprint density at radius 3 is 2.00 bits per heavy atom. The molecule has 0 rings (SSSR count). The zero-order valence-electron chi connectivity index (χ0n) is 11.3. The van der Waals surface area contributed by atoms with Gasteiger partial charge >= 0.3 is 0 Å². The van der Waals surface area contributed by atoms with Gasteiger partial charge < -0.3 is 0 Å². The lowest BCUT2D eigenvalue weighted by Gasteiger charge is -2.15. The first-order chi connectivity index (χ1) is 8.13. The summed E-state index contributed by atoms with van der Waals surface area (Å²) in [5, 5.41) is 0.830. The lowest BCUT2D eigenvalue weighted by Crippen LogP contribution is -2.33. The van der Waals surface area contributed by atoms with E-state index in [0.717, 1.165) is 17.9 Å². The molecule has 0 saturated heterocycles. The zero-order chi connectivity index (χ0) is 13.1. The maximum atomic E-state index is 11.5. The maximum absolute atomic E-state index is 11.5. The Morgan fingerprint density at radius 1 is 1.00 bits per heavy atom. The van der Waals surface area contributed by atoms with Crippen LogP contribution >= 0.6 is 0 Å². The average molecular weight is 243 g/mol. The molecule has 0 fully saturated rings. The summed E-state index contributed by atoms with van der Waals surface area (Å²) < 4.78 is 0. The molecule has 0 aliphatic carbocycles. The van der Waals surface area contributed by atoms with E-state index >= 15 is 0 Å². The van der Waals surface area contributed by atoms with Gasteiger partial charge in [-0.3, -0.25) is 14.4 Å². The molecule has 0 bridgehead atoms. The van der Waals surface area contributed by atoms with Crippen LogP contribution in [-0.2, 0) is 14.4 Å². The molecule has 0 heterocycles. The van der Waals surface area contributed by atoms with E-state index in [0.29, 0.717) is 6.42 Å². The number of hydrogen-bond donors (Lipinski definition) is 0. The van der Waals surface area contributed by atoms with Crippen LogP contribution in [0.3, 0.4) is 0 Å². The van der Waals surface area contributed by atoms with Crippen molar-refractivity contribution < 1.29 is 14.4 Å². The second-order valence-corrected chi connectivity index (χ2v) is 4.26. The van der Waals surface area contributed by atoms with Gasteiger partial charge in [-0.05, 0) is 6.42 Å². The van der Waals surface area contributed by atoms with E-state index in [9.17, 15) is 9.59 Å². The second-order valence-electron chi connectivity index (χ2n) is 4.26. The van der Waals surface area contributed by atoms with Gasteiger partial charge in [-0.2, -0.15) is 5.06 Å². The molecule has 0 aromatic heterocycles. The van der Waals surface area contributed by atoms with E-state index in [1.165, 1.54) is 46.1 Å². The number of nitrogens with zero attached hydrogens (tertiary/aromatic N) is 1. The fourth-order valence-corrected chi connectivity index (χ4v) is 1.74. The van der Waals surface area contributed by atoms with Gasteiger partial charge in [-0.15, -0.1) is 0 Å². The zero-order valence-corrected chi connectivity index (χ0v) is 11.3. The van der Waals surface area contributed by atoms with E-state index in [1.54, 1.807) is 0 Å². The average Bonchev–Trinajstić information content (AvgIpc) is 2.28. The van der Waals surface area contributed by atoms with Gasteiger partial charge in [-0.1, -0.05) is 45.4 Å². The summed E-state index contributed by atoms with van der Waals surface area (Å²) in [5.74, 6) is -0.603. The smallest absolute Gasteiger partial charge is 0.253 e. The Kier molecular flexibility index (Phi) is 9.72. The largest absolute Gasteiger partial charge is 0.272 e. The van der Waals surface area contributed by atoms with E-state index in [4.69, 9.17) is 4.84 Å². The summed E-state index contributed by atoms with van der Waals surface area (Å²) >= 11 is 0. The van der Waals surface area contributed by atoms with Crippen LogP contribution in [-0.4, -0.2) is 24.0 Å². The van der Waals surface area contributed by atoms with Gasteiger partial charge in [0.2, 0.25) is 5.91 Å². The number of amides is 2. The van der Waals surface area contributed by atoms with Gasteiger partial charge in [0.1, 0.15) is 0 Å². The molecule has 0 saturated carbocycles. The molecule has 2 amide bonds. The Balaban J connectivity index is 3.53. The van der Waals surface area contributed by atoms with Gasteiger partial charge in [0, 0.05) is 13.3 Å². The summed E-state index contributed by atoms with van der Waals surface area (Å²) in [6.07, 6.45) is 8.50. The van der Waals surface area contributed by atoms with Crippen LogP contribution in [0.15, 0.2) is 0 Å². The van der Waals surface area contributed by atoms with Crippen molar-refractivity contribution in [2.45, 2.75) is 65.2 Å². The first kappa shape index (κ1) is 16.1. The van der Waals surface area contributed by atoms with Crippen LogP contribution in [0.2, 0.25) is 0 Å². The summed E-state index contributed by atoms with van der Waals surface area (Å²) in [5.41, 5.74) is 0. The second kappa shape index (κ2) is 10.3. The van der Waals surface area contributed by atoms with Gasteiger partial charge in [0.15, 0.2) is 0 Å². The van der Waals surface area contributed by atoms with Crippen LogP contribution < -0.4 is 0 Å². The first-order valence-corrected chi connectivity index (χ1v) is 6.51. The highest BCUT2D eigenvalue weighted by Crippen LogP contribution is 2.09. The molecule has 4 nitrogen and oxygen atoms in total. The highest BCUT2D eigenvalue weighted by Gasteiger charge is 2.16. The van der Waals surface area contributed by atoms with Crippen LogP contribution in [0.1, 0.15) is 65.2 Å². The molecule has 0 atom stereocenters. The molecule has 0 spiro atoms. The lowest BCUT2D eigenvalue weighted by atomic mass is 10.1. The van der Waals surface area contributed by atoms with Crippen molar-refractivity contribution in [2.75, 3.05) is 7.11 Å². The van der Waals surface area contributed by atoms with E-state index < -0.39 is 0 Å². The number of imide groups is 1. The van der Waals surface area contributed by atoms with Crippen molar-refractivity contribution >= 4 is 11.8 Å². The summed E-state index contributed by atoms with van der Waals surface area (Å²) in [6, 6.07) is 0. The predicted molar refractivity (Wildman–Crippen MR) is 67.1 cm³/mol. The number of carbonyl (C=O) groups is 2. The van der Waals surface area contributed by atoms with Crippen molar-refractivity contribution in [3.8, 4) is 0 Å². The third-order valence-electron chi connectivity index (χ3n) is 2.69. The van der Waals surface area contributed by atoms with Crippen molar-refractivity contribution in [1.29, 1.82) is 0 Å². The minimum atomic E-state index is -0.361. The number of unbranched alkanes of at least 4 members (excludes halogenated alkanes) is 6. The van der Waals surface area contributed by atoms with E-state index in [-0.39, 0.29) is 11.8 Å². The van der Waals surface area contributed by atoms with Gasteiger partial charge in [0.25, 0.3) is 5.91 Å². The normalized spacial score (nSPS) is 10.3. The van der Waals surface area contributed by atoms with Crippen molar-refractivity contribution in [3.63, 3.8) is 0 Å². The van der Waals surface area contributed by atoms with Gasteiger partial charge in [-0.25, -0.2) is 0 Å². The molecule has 0 unspecified atom stereocenters. The quantitative estimate of drug-likeness (QED) is 0.462. The predicted octanol–water partition coefficient (Wildman–Crippen LogP) is 3.06. The highest BCUT2D eigenvalue weighted by molar-refractivity contribution is 5.92. The number of rotatable bonds is 9. The third-order valence-corrected chi connectivity index (χ3v) is 2.69. The van der Waals surface area contributed by atoms with E-state index in [1.807, 2.05) is 0 Å². The van der Waals surface area contributed by atoms with Crippen LogP contribution in [0.25, 0.3) is 0 Å². The number of carbonyl (C=O) groups excluding carboxylic acids is 2. The SMILES string of the molecule is CCCCCCCCCC(=O)N(OC)C(C)=O. The van der Waals surface area contributed by atoms with Crippen LogP contribution in [0.5, 0.6) is 0 Å². The summed E-state index contributed by atoms with van der Waals surface area (Å²) in [4.78, 5) is 27.3. The Bertz CT molecular complexity index is 229.